The van der Waals surface area contributed by atoms with Crippen molar-refractivity contribution >= 4 is 6.09 Å². The largest absolute Gasteiger partial charge is 0.444 e. The number of amides is 1. The number of ether oxygens (including phenoxy) is 1. The molecule has 1 aliphatic rings. The van der Waals surface area contributed by atoms with Gasteiger partial charge >= 0.3 is 6.09 Å². The van der Waals surface area contributed by atoms with E-state index in [1.54, 1.807) is 4.90 Å². The maximum atomic E-state index is 11.7. The minimum atomic E-state index is -0.427. The van der Waals surface area contributed by atoms with Crippen molar-refractivity contribution in [3.05, 3.63) is 0 Å². The molecule has 4 heteroatoms. The zero-order valence-electron chi connectivity index (χ0n) is 9.41. The summed E-state index contributed by atoms with van der Waals surface area (Å²) in [6.45, 7) is 8.27. The van der Waals surface area contributed by atoms with Gasteiger partial charge in [0.1, 0.15) is 5.60 Å². The van der Waals surface area contributed by atoms with Gasteiger partial charge in [-0.25, -0.2) is 4.79 Å². The molecule has 1 fully saturated rings. The van der Waals surface area contributed by atoms with E-state index < -0.39 is 5.60 Å². The van der Waals surface area contributed by atoms with Crippen LogP contribution in [0.2, 0.25) is 0 Å². The normalized spacial score (nSPS) is 27.9. The highest BCUT2D eigenvalue weighted by Crippen LogP contribution is 2.19. The second-order valence-corrected chi connectivity index (χ2v) is 4.87. The average Bonchev–Trinajstić information content (AvgIpc) is 2.29. The Morgan fingerprint density at radius 1 is 1.50 bits per heavy atom. The van der Waals surface area contributed by atoms with E-state index in [1.807, 2.05) is 27.7 Å². The van der Waals surface area contributed by atoms with Gasteiger partial charge in [-0.1, -0.05) is 0 Å². The van der Waals surface area contributed by atoms with Crippen LogP contribution < -0.4 is 5.73 Å². The number of carbonyl (C=O) groups excluding carboxylic acids is 1. The molecule has 2 N–H and O–H groups in total. The molecule has 0 aliphatic carbocycles. The molecule has 14 heavy (non-hydrogen) atoms. The number of nitrogens with zero attached hydrogens (tertiary/aromatic N) is 1. The number of likely N-dealkylation sites (tertiary alicyclic amines) is 1. The van der Waals surface area contributed by atoms with Gasteiger partial charge in [0.2, 0.25) is 0 Å². The molecule has 0 saturated carbocycles. The summed E-state index contributed by atoms with van der Waals surface area (Å²) in [5, 5.41) is 0. The average molecular weight is 200 g/mol. The first-order chi connectivity index (χ1) is 6.31. The molecule has 0 aromatic heterocycles. The van der Waals surface area contributed by atoms with Gasteiger partial charge in [0.15, 0.2) is 0 Å². The Balaban J connectivity index is 2.54. The van der Waals surface area contributed by atoms with Crippen LogP contribution in [0.5, 0.6) is 0 Å². The molecule has 0 aromatic rings. The van der Waals surface area contributed by atoms with Gasteiger partial charge in [-0.15, -0.1) is 0 Å². The lowest BCUT2D eigenvalue weighted by Gasteiger charge is -2.27. The molecule has 4 nitrogen and oxygen atoms in total. The van der Waals surface area contributed by atoms with E-state index >= 15 is 0 Å². The molecule has 82 valence electrons. The third-order valence-corrected chi connectivity index (χ3v) is 2.44. The number of rotatable bonds is 0. The Bertz CT molecular complexity index is 223. The first kappa shape index (κ1) is 11.3. The molecule has 1 rings (SSSR count). The smallest absolute Gasteiger partial charge is 0.410 e. The molecule has 1 aliphatic heterocycles. The van der Waals surface area contributed by atoms with Crippen molar-refractivity contribution in [3.63, 3.8) is 0 Å². The number of nitrogens with two attached hydrogens (primary N) is 1. The van der Waals surface area contributed by atoms with E-state index in [2.05, 4.69) is 0 Å². The Labute approximate surface area is 85.4 Å². The number of carbonyl (C=O) groups is 1. The van der Waals surface area contributed by atoms with E-state index in [9.17, 15) is 4.79 Å². The third kappa shape index (κ3) is 2.61. The molecule has 0 aromatic carbocycles. The minimum absolute atomic E-state index is 0.0857. The monoisotopic (exact) mass is 200 g/mol. The maximum absolute atomic E-state index is 11.7. The summed E-state index contributed by atoms with van der Waals surface area (Å²) < 4.78 is 5.27. The van der Waals surface area contributed by atoms with E-state index in [1.165, 1.54) is 0 Å². The van der Waals surface area contributed by atoms with E-state index in [0.717, 1.165) is 6.42 Å². The summed E-state index contributed by atoms with van der Waals surface area (Å²) in [7, 11) is 0. The SMILES string of the molecule is C[C@@H]1[C@H](N)CCN1C(=O)OC(C)(C)C. The van der Waals surface area contributed by atoms with Crippen LogP contribution in [0.3, 0.4) is 0 Å². The van der Waals surface area contributed by atoms with Crippen LogP contribution >= 0.6 is 0 Å². The van der Waals surface area contributed by atoms with Crippen LogP contribution in [0.15, 0.2) is 0 Å². The molecular weight excluding hydrogens is 180 g/mol. The van der Waals surface area contributed by atoms with Crippen LogP contribution in [0.4, 0.5) is 4.79 Å². The van der Waals surface area contributed by atoms with Crippen molar-refractivity contribution in [3.8, 4) is 0 Å². The summed E-state index contributed by atoms with van der Waals surface area (Å²) in [6, 6.07) is 0.173. The van der Waals surface area contributed by atoms with Gasteiger partial charge in [-0.05, 0) is 34.1 Å². The van der Waals surface area contributed by atoms with Gasteiger partial charge in [-0.3, -0.25) is 0 Å². The Hall–Kier alpha value is -0.770. The fourth-order valence-corrected chi connectivity index (χ4v) is 1.54. The molecule has 1 heterocycles. The lowest BCUT2D eigenvalue weighted by molar-refractivity contribution is 0.0234. The standard InChI is InChI=1S/C10H20N2O2/c1-7-8(11)5-6-12(7)9(13)14-10(2,3)4/h7-8H,5-6,11H2,1-4H3/t7-,8-/m1/s1. The van der Waals surface area contributed by atoms with Crippen LogP contribution in [-0.2, 0) is 4.74 Å². The second kappa shape index (κ2) is 3.77. The summed E-state index contributed by atoms with van der Waals surface area (Å²) >= 11 is 0. The van der Waals surface area contributed by atoms with Crippen LogP contribution in [0.1, 0.15) is 34.1 Å². The molecule has 0 unspecified atom stereocenters. The summed E-state index contributed by atoms with van der Waals surface area (Å²) in [5.74, 6) is 0. The topological polar surface area (TPSA) is 55.6 Å². The molecule has 0 radical (unpaired) electrons. The van der Waals surface area contributed by atoms with Crippen molar-refractivity contribution < 1.29 is 9.53 Å². The Morgan fingerprint density at radius 3 is 2.43 bits per heavy atom. The molecule has 0 spiro atoms. The molecule has 0 bridgehead atoms. The van der Waals surface area contributed by atoms with Crippen molar-refractivity contribution in [2.75, 3.05) is 6.54 Å². The first-order valence-electron chi connectivity index (χ1n) is 5.06. The quantitative estimate of drug-likeness (QED) is 0.642. The van der Waals surface area contributed by atoms with Gasteiger partial charge in [-0.2, -0.15) is 0 Å². The lowest BCUT2D eigenvalue weighted by atomic mass is 10.2. The first-order valence-corrected chi connectivity index (χ1v) is 5.06. The van der Waals surface area contributed by atoms with Crippen molar-refractivity contribution in [2.24, 2.45) is 5.73 Å². The van der Waals surface area contributed by atoms with Crippen LogP contribution in [0, 0.1) is 0 Å². The summed E-state index contributed by atoms with van der Waals surface area (Å²) in [4.78, 5) is 13.4. The zero-order chi connectivity index (χ0) is 10.9. The summed E-state index contributed by atoms with van der Waals surface area (Å²) in [6.07, 6.45) is 0.610. The van der Waals surface area contributed by atoms with Gasteiger partial charge < -0.3 is 15.4 Å². The van der Waals surface area contributed by atoms with E-state index in [-0.39, 0.29) is 18.2 Å². The zero-order valence-corrected chi connectivity index (χ0v) is 9.41. The molecular formula is C10H20N2O2. The van der Waals surface area contributed by atoms with Crippen molar-refractivity contribution in [1.82, 2.24) is 4.90 Å². The fraction of sp³-hybridized carbons (Fsp3) is 0.900. The lowest BCUT2D eigenvalue weighted by Crippen LogP contribution is -2.42. The predicted octanol–water partition coefficient (Wildman–Crippen LogP) is 1.34. The minimum Gasteiger partial charge on any atom is -0.444 e. The number of hydrogen-bond donors (Lipinski definition) is 1. The van der Waals surface area contributed by atoms with Gasteiger partial charge in [0, 0.05) is 18.6 Å². The fourth-order valence-electron chi connectivity index (χ4n) is 1.54. The molecule has 1 saturated heterocycles. The molecule has 1 amide bonds. The third-order valence-electron chi connectivity index (χ3n) is 2.44. The van der Waals surface area contributed by atoms with Crippen LogP contribution in [-0.4, -0.2) is 35.2 Å². The number of hydrogen-bond acceptors (Lipinski definition) is 3. The van der Waals surface area contributed by atoms with Crippen LogP contribution in [0.25, 0.3) is 0 Å². The summed E-state index contributed by atoms with van der Waals surface area (Å²) in [5.41, 5.74) is 5.39. The molecule has 2 atom stereocenters. The highest BCUT2D eigenvalue weighted by molar-refractivity contribution is 5.69. The highest BCUT2D eigenvalue weighted by atomic mass is 16.6. The second-order valence-electron chi connectivity index (χ2n) is 4.87. The predicted molar refractivity (Wildman–Crippen MR) is 55.0 cm³/mol. The highest BCUT2D eigenvalue weighted by Gasteiger charge is 2.33. The van der Waals surface area contributed by atoms with Gasteiger partial charge in [0.05, 0.1) is 0 Å². The Kier molecular flexibility index (Phi) is 3.04. The Morgan fingerprint density at radius 2 is 2.07 bits per heavy atom. The van der Waals surface area contributed by atoms with E-state index in [0.29, 0.717) is 6.54 Å². The van der Waals surface area contributed by atoms with E-state index in [4.69, 9.17) is 10.5 Å². The van der Waals surface area contributed by atoms with Gasteiger partial charge in [0.25, 0.3) is 0 Å². The van der Waals surface area contributed by atoms with Crippen molar-refractivity contribution in [1.29, 1.82) is 0 Å². The van der Waals surface area contributed by atoms with Crippen molar-refractivity contribution in [2.45, 2.75) is 51.8 Å². The maximum Gasteiger partial charge on any atom is 0.410 e.